The van der Waals surface area contributed by atoms with E-state index in [1.807, 2.05) is 6.92 Å². The van der Waals surface area contributed by atoms with Crippen LogP contribution in [0.5, 0.6) is 0 Å². The standard InChI is InChI=1S/C17H19NO4/c1-2-21-12-6-5-9-18(11-12)17(20)16-10-14(19)13-7-3-4-8-15(13)22-16/h3-4,7-8,10,12H,2,5-6,9,11H2,1H3/t12-/m1/s1. The topological polar surface area (TPSA) is 59.8 Å². The van der Waals surface area contributed by atoms with Crippen molar-refractivity contribution in [2.75, 3.05) is 19.7 Å². The third-order valence-corrected chi connectivity index (χ3v) is 3.91. The highest BCUT2D eigenvalue weighted by atomic mass is 16.5. The smallest absolute Gasteiger partial charge is 0.289 e. The molecule has 0 saturated carbocycles. The van der Waals surface area contributed by atoms with E-state index in [9.17, 15) is 9.59 Å². The Labute approximate surface area is 128 Å². The van der Waals surface area contributed by atoms with Gasteiger partial charge in [0.2, 0.25) is 0 Å². The van der Waals surface area contributed by atoms with E-state index in [1.54, 1.807) is 29.2 Å². The molecule has 22 heavy (non-hydrogen) atoms. The number of hydrogen-bond donors (Lipinski definition) is 0. The minimum Gasteiger partial charge on any atom is -0.451 e. The number of rotatable bonds is 3. The van der Waals surface area contributed by atoms with Gasteiger partial charge in [-0.05, 0) is 31.9 Å². The van der Waals surface area contributed by atoms with E-state index in [2.05, 4.69) is 0 Å². The lowest BCUT2D eigenvalue weighted by Crippen LogP contribution is -2.43. The third kappa shape index (κ3) is 2.90. The van der Waals surface area contributed by atoms with Crippen molar-refractivity contribution in [1.29, 1.82) is 0 Å². The molecule has 1 aliphatic heterocycles. The Balaban J connectivity index is 1.87. The van der Waals surface area contributed by atoms with Crippen LogP contribution >= 0.6 is 0 Å². The summed E-state index contributed by atoms with van der Waals surface area (Å²) in [6.07, 6.45) is 1.92. The first kappa shape index (κ1) is 14.8. The number of hydrogen-bond acceptors (Lipinski definition) is 4. The van der Waals surface area contributed by atoms with Crippen molar-refractivity contribution in [2.45, 2.75) is 25.9 Å². The molecule has 1 atom stereocenters. The lowest BCUT2D eigenvalue weighted by Gasteiger charge is -2.32. The molecule has 1 aromatic carbocycles. The lowest BCUT2D eigenvalue weighted by molar-refractivity contribution is 0.00618. The van der Waals surface area contributed by atoms with Crippen LogP contribution in [0.15, 0.2) is 39.5 Å². The summed E-state index contributed by atoms with van der Waals surface area (Å²) in [6, 6.07) is 8.24. The Morgan fingerprint density at radius 1 is 1.41 bits per heavy atom. The van der Waals surface area contributed by atoms with Gasteiger partial charge < -0.3 is 14.1 Å². The minimum atomic E-state index is -0.243. The maximum atomic E-state index is 12.6. The Kier molecular flexibility index (Phi) is 4.24. The van der Waals surface area contributed by atoms with Crippen LogP contribution in [0.3, 0.4) is 0 Å². The second-order valence-electron chi connectivity index (χ2n) is 5.44. The molecule has 116 valence electrons. The number of piperidine rings is 1. The zero-order valence-electron chi connectivity index (χ0n) is 12.6. The number of carbonyl (C=O) groups excluding carboxylic acids is 1. The predicted molar refractivity (Wildman–Crippen MR) is 83.0 cm³/mol. The molecular formula is C17H19NO4. The molecule has 1 fully saturated rings. The molecule has 0 bridgehead atoms. The average Bonchev–Trinajstić information content (AvgIpc) is 2.55. The molecule has 5 nitrogen and oxygen atoms in total. The minimum absolute atomic E-state index is 0.0647. The summed E-state index contributed by atoms with van der Waals surface area (Å²) in [5.41, 5.74) is 0.250. The Hall–Kier alpha value is -2.14. The SMILES string of the molecule is CCO[C@@H]1CCCN(C(=O)c2cc(=O)c3ccccc3o2)C1. The monoisotopic (exact) mass is 301 g/mol. The first-order chi connectivity index (χ1) is 10.7. The summed E-state index contributed by atoms with van der Waals surface area (Å²) in [5, 5.41) is 0.491. The fourth-order valence-electron chi connectivity index (χ4n) is 2.86. The number of likely N-dealkylation sites (tertiary alicyclic amines) is 1. The normalized spacial score (nSPS) is 18.6. The molecule has 2 heterocycles. The fraction of sp³-hybridized carbons (Fsp3) is 0.412. The van der Waals surface area contributed by atoms with Crippen LogP contribution in [0.2, 0.25) is 0 Å². The summed E-state index contributed by atoms with van der Waals surface area (Å²) in [5.74, 6) is -0.145. The Morgan fingerprint density at radius 3 is 3.05 bits per heavy atom. The number of carbonyl (C=O) groups is 1. The van der Waals surface area contributed by atoms with Crippen molar-refractivity contribution in [1.82, 2.24) is 4.90 Å². The van der Waals surface area contributed by atoms with Gasteiger partial charge in [-0.2, -0.15) is 0 Å². The molecule has 1 aliphatic rings. The molecular weight excluding hydrogens is 282 g/mol. The summed E-state index contributed by atoms with van der Waals surface area (Å²) in [7, 11) is 0. The quantitative estimate of drug-likeness (QED) is 0.873. The van der Waals surface area contributed by atoms with Crippen molar-refractivity contribution in [3.63, 3.8) is 0 Å². The van der Waals surface area contributed by atoms with Gasteiger partial charge in [0.05, 0.1) is 11.5 Å². The number of para-hydroxylation sites is 1. The van der Waals surface area contributed by atoms with Crippen LogP contribution < -0.4 is 5.43 Å². The van der Waals surface area contributed by atoms with E-state index in [4.69, 9.17) is 9.15 Å². The van der Waals surface area contributed by atoms with Crippen LogP contribution in [0.25, 0.3) is 11.0 Å². The number of benzene rings is 1. The summed E-state index contributed by atoms with van der Waals surface area (Å²) in [6.45, 7) is 3.79. The molecule has 5 heteroatoms. The van der Waals surface area contributed by atoms with E-state index < -0.39 is 0 Å². The second-order valence-corrected chi connectivity index (χ2v) is 5.44. The van der Waals surface area contributed by atoms with Gasteiger partial charge in [0.25, 0.3) is 5.91 Å². The first-order valence-corrected chi connectivity index (χ1v) is 7.63. The Bertz CT molecular complexity index is 735. The van der Waals surface area contributed by atoms with Crippen LogP contribution in [0.1, 0.15) is 30.3 Å². The zero-order valence-corrected chi connectivity index (χ0v) is 12.6. The van der Waals surface area contributed by atoms with Crippen LogP contribution in [0.4, 0.5) is 0 Å². The van der Waals surface area contributed by atoms with E-state index in [0.29, 0.717) is 30.7 Å². The van der Waals surface area contributed by atoms with Crippen molar-refractivity contribution < 1.29 is 13.9 Å². The van der Waals surface area contributed by atoms with Crippen molar-refractivity contribution >= 4 is 16.9 Å². The molecule has 0 spiro atoms. The van der Waals surface area contributed by atoms with E-state index in [-0.39, 0.29) is 23.2 Å². The summed E-state index contributed by atoms with van der Waals surface area (Å²) in [4.78, 5) is 26.4. The van der Waals surface area contributed by atoms with Crippen molar-refractivity contribution in [3.8, 4) is 0 Å². The van der Waals surface area contributed by atoms with Gasteiger partial charge in [-0.3, -0.25) is 9.59 Å². The summed E-state index contributed by atoms with van der Waals surface area (Å²) >= 11 is 0. The predicted octanol–water partition coefficient (Wildman–Crippen LogP) is 2.43. The maximum absolute atomic E-state index is 12.6. The van der Waals surface area contributed by atoms with Crippen LogP contribution in [0, 0.1) is 0 Å². The number of nitrogens with zero attached hydrogens (tertiary/aromatic N) is 1. The highest BCUT2D eigenvalue weighted by Gasteiger charge is 2.26. The van der Waals surface area contributed by atoms with Gasteiger partial charge in [-0.25, -0.2) is 0 Å². The number of fused-ring (bicyclic) bond motifs is 1. The van der Waals surface area contributed by atoms with Gasteiger partial charge in [-0.1, -0.05) is 12.1 Å². The first-order valence-electron chi connectivity index (χ1n) is 7.63. The lowest BCUT2D eigenvalue weighted by atomic mass is 10.1. The van der Waals surface area contributed by atoms with Crippen molar-refractivity contribution in [2.24, 2.45) is 0 Å². The van der Waals surface area contributed by atoms with E-state index in [0.717, 1.165) is 12.8 Å². The molecule has 0 unspecified atom stereocenters. The number of amides is 1. The number of ether oxygens (including phenoxy) is 1. The van der Waals surface area contributed by atoms with E-state index >= 15 is 0 Å². The van der Waals surface area contributed by atoms with Gasteiger partial charge in [-0.15, -0.1) is 0 Å². The molecule has 0 aliphatic carbocycles. The van der Waals surface area contributed by atoms with Crippen molar-refractivity contribution in [3.05, 3.63) is 46.3 Å². The summed E-state index contributed by atoms with van der Waals surface area (Å²) < 4.78 is 11.2. The second kappa shape index (κ2) is 6.32. The molecule has 2 aromatic rings. The molecule has 1 amide bonds. The fourth-order valence-corrected chi connectivity index (χ4v) is 2.86. The van der Waals surface area contributed by atoms with Gasteiger partial charge in [0.15, 0.2) is 11.2 Å². The molecule has 0 radical (unpaired) electrons. The largest absolute Gasteiger partial charge is 0.451 e. The maximum Gasteiger partial charge on any atom is 0.289 e. The highest BCUT2D eigenvalue weighted by molar-refractivity contribution is 5.93. The third-order valence-electron chi connectivity index (χ3n) is 3.91. The molecule has 1 aromatic heterocycles. The molecule has 0 N–H and O–H groups in total. The Morgan fingerprint density at radius 2 is 2.23 bits per heavy atom. The highest BCUT2D eigenvalue weighted by Crippen LogP contribution is 2.18. The zero-order chi connectivity index (χ0) is 15.5. The molecule has 3 rings (SSSR count). The van der Waals surface area contributed by atoms with Gasteiger partial charge in [0.1, 0.15) is 5.58 Å². The van der Waals surface area contributed by atoms with Gasteiger partial charge in [0, 0.05) is 25.8 Å². The van der Waals surface area contributed by atoms with E-state index in [1.165, 1.54) is 6.07 Å². The molecule has 1 saturated heterocycles. The van der Waals surface area contributed by atoms with Crippen LogP contribution in [-0.4, -0.2) is 36.6 Å². The van der Waals surface area contributed by atoms with Crippen LogP contribution in [-0.2, 0) is 4.74 Å². The van der Waals surface area contributed by atoms with Gasteiger partial charge >= 0.3 is 0 Å². The average molecular weight is 301 g/mol.